The second kappa shape index (κ2) is 7.76. The third-order valence-electron chi connectivity index (χ3n) is 10.3. The predicted octanol–water partition coefficient (Wildman–Crippen LogP) is 5.24. The molecule has 2 N–H and O–H groups in total. The van der Waals surface area contributed by atoms with Gasteiger partial charge in [0.25, 0.3) is 0 Å². The molecule has 168 valence electrons. The number of carboxylic acids is 1. The molecular weight excluding hydrogens is 376 g/mol. The minimum atomic E-state index is -0.705. The summed E-state index contributed by atoms with van der Waals surface area (Å²) in [6, 6.07) is 0. The molecule has 0 radical (unpaired) electrons. The Bertz CT molecular complexity index is 741. The molecule has 0 aromatic rings. The van der Waals surface area contributed by atoms with Crippen LogP contribution in [0.5, 0.6) is 0 Å². The smallest absolute Gasteiger partial charge is 0.303 e. The van der Waals surface area contributed by atoms with Crippen LogP contribution in [0, 0.1) is 46.3 Å². The van der Waals surface area contributed by atoms with Crippen LogP contribution in [0.15, 0.2) is 11.6 Å². The van der Waals surface area contributed by atoms with Gasteiger partial charge in [0.2, 0.25) is 0 Å². The fourth-order valence-electron chi connectivity index (χ4n) is 8.72. The maximum Gasteiger partial charge on any atom is 0.303 e. The first-order valence-corrected chi connectivity index (χ1v) is 12.2. The largest absolute Gasteiger partial charge is 0.481 e. The van der Waals surface area contributed by atoms with Crippen molar-refractivity contribution in [3.05, 3.63) is 11.6 Å². The Hall–Kier alpha value is -1.16. The molecule has 4 rings (SSSR count). The van der Waals surface area contributed by atoms with Crippen molar-refractivity contribution < 1.29 is 19.8 Å². The van der Waals surface area contributed by atoms with Gasteiger partial charge in [0.15, 0.2) is 5.78 Å². The molecule has 0 saturated heterocycles. The summed E-state index contributed by atoms with van der Waals surface area (Å²) in [4.78, 5) is 24.9. The summed E-state index contributed by atoms with van der Waals surface area (Å²) < 4.78 is 0. The van der Waals surface area contributed by atoms with Crippen LogP contribution in [0.2, 0.25) is 0 Å². The lowest BCUT2D eigenvalue weighted by Crippen LogP contribution is -2.58. The molecule has 4 aliphatic rings. The summed E-state index contributed by atoms with van der Waals surface area (Å²) >= 11 is 0. The lowest BCUT2D eigenvalue weighted by molar-refractivity contribution is -0.150. The molecule has 4 aliphatic carbocycles. The summed E-state index contributed by atoms with van der Waals surface area (Å²) in [6.45, 7) is 9.04. The third-order valence-corrected chi connectivity index (χ3v) is 10.3. The van der Waals surface area contributed by atoms with Gasteiger partial charge in [-0.15, -0.1) is 0 Å². The van der Waals surface area contributed by atoms with Crippen molar-refractivity contribution in [2.75, 3.05) is 0 Å². The molecule has 4 fully saturated rings. The average molecular weight is 417 g/mol. The van der Waals surface area contributed by atoms with Gasteiger partial charge in [0.05, 0.1) is 6.10 Å². The molecule has 9 atom stereocenters. The van der Waals surface area contributed by atoms with Crippen LogP contribution in [0.25, 0.3) is 0 Å². The van der Waals surface area contributed by atoms with Gasteiger partial charge in [0, 0.05) is 12.3 Å². The van der Waals surface area contributed by atoms with E-state index in [1.165, 1.54) is 0 Å². The van der Waals surface area contributed by atoms with Gasteiger partial charge < -0.3 is 10.2 Å². The van der Waals surface area contributed by atoms with Crippen LogP contribution in [-0.2, 0) is 9.59 Å². The van der Waals surface area contributed by atoms with Crippen LogP contribution in [-0.4, -0.2) is 28.1 Å². The first-order valence-electron chi connectivity index (χ1n) is 12.2. The highest BCUT2D eigenvalue weighted by Gasteiger charge is 2.64. The van der Waals surface area contributed by atoms with Crippen LogP contribution in [0.4, 0.5) is 0 Å². The van der Waals surface area contributed by atoms with E-state index in [0.717, 1.165) is 56.9 Å². The van der Waals surface area contributed by atoms with Gasteiger partial charge in [-0.1, -0.05) is 26.8 Å². The number of rotatable bonds is 4. The predicted molar refractivity (Wildman–Crippen MR) is 117 cm³/mol. The average Bonchev–Trinajstić information content (AvgIpc) is 3.05. The number of aliphatic hydroxyl groups is 1. The molecule has 0 spiro atoms. The Morgan fingerprint density at radius 3 is 2.47 bits per heavy atom. The molecule has 0 aliphatic heterocycles. The monoisotopic (exact) mass is 416 g/mol. The van der Waals surface area contributed by atoms with Crippen molar-refractivity contribution in [3.63, 3.8) is 0 Å². The second-order valence-corrected chi connectivity index (χ2v) is 11.5. The van der Waals surface area contributed by atoms with E-state index in [4.69, 9.17) is 5.11 Å². The normalized spacial score (nSPS) is 48.0. The number of Topliss-reactive ketones (excluding diaryl/α,β-unsaturated/α-hetero) is 1. The maximum absolute atomic E-state index is 13.8. The number of fused-ring (bicyclic) bond motifs is 5. The standard InChI is InChI=1S/C26H40O4/c1-5-17-21-14-16(27)10-12-26(21,4)20-11-13-25(3)18(15(2)6-9-22(28)29)7-8-19(25)23(20)24(17)30/h5,15-16,18-21,23,27H,6-14H2,1-4H3,(H,28,29)/b17-5-/t15-,16-,18-,19?,20?,21+,23?,25-,26-/m1/s1. The Morgan fingerprint density at radius 2 is 1.80 bits per heavy atom. The molecule has 0 bridgehead atoms. The van der Waals surface area contributed by atoms with Crippen molar-refractivity contribution >= 4 is 11.8 Å². The zero-order valence-electron chi connectivity index (χ0n) is 19.2. The molecule has 0 heterocycles. The minimum Gasteiger partial charge on any atom is -0.481 e. The Labute approximate surface area is 181 Å². The van der Waals surface area contributed by atoms with E-state index in [-0.39, 0.29) is 35.2 Å². The Morgan fingerprint density at radius 1 is 1.13 bits per heavy atom. The third kappa shape index (κ3) is 3.20. The van der Waals surface area contributed by atoms with Crippen molar-refractivity contribution in [1.29, 1.82) is 0 Å². The van der Waals surface area contributed by atoms with E-state index < -0.39 is 5.97 Å². The lowest BCUT2D eigenvalue weighted by atomic mass is 9.43. The second-order valence-electron chi connectivity index (χ2n) is 11.5. The quantitative estimate of drug-likeness (QED) is 0.614. The highest BCUT2D eigenvalue weighted by Crippen LogP contribution is 2.68. The topological polar surface area (TPSA) is 74.6 Å². The first-order chi connectivity index (χ1) is 14.1. The minimum absolute atomic E-state index is 0.114. The molecule has 3 unspecified atom stereocenters. The molecule has 0 amide bonds. The number of allylic oxidation sites excluding steroid dienone is 2. The van der Waals surface area contributed by atoms with Crippen molar-refractivity contribution in [2.24, 2.45) is 46.3 Å². The number of carboxylic acid groups (broad SMARTS) is 1. The van der Waals surface area contributed by atoms with E-state index in [0.29, 0.717) is 29.5 Å². The fourth-order valence-corrected chi connectivity index (χ4v) is 8.72. The highest BCUT2D eigenvalue weighted by molar-refractivity contribution is 5.99. The SMILES string of the molecule is C/C=C1\C(=O)C2C3CC[C@H]([C@H](C)CCC(=O)O)[C@@]3(C)CCC2[C@@]2(C)CC[C@@H](O)C[C@@H]12. The van der Waals surface area contributed by atoms with Crippen LogP contribution >= 0.6 is 0 Å². The molecule has 4 nitrogen and oxygen atoms in total. The number of carbonyl (C=O) groups excluding carboxylic acids is 1. The van der Waals surface area contributed by atoms with Gasteiger partial charge in [0.1, 0.15) is 0 Å². The van der Waals surface area contributed by atoms with E-state index in [1.807, 2.05) is 13.0 Å². The molecule has 4 saturated carbocycles. The van der Waals surface area contributed by atoms with Gasteiger partial charge in [-0.05, 0) is 104 Å². The zero-order chi connectivity index (χ0) is 21.8. The van der Waals surface area contributed by atoms with Crippen LogP contribution in [0.3, 0.4) is 0 Å². The van der Waals surface area contributed by atoms with E-state index in [2.05, 4.69) is 20.8 Å². The van der Waals surface area contributed by atoms with Crippen LogP contribution in [0.1, 0.15) is 85.5 Å². The summed E-state index contributed by atoms with van der Waals surface area (Å²) in [5.74, 6) is 1.74. The summed E-state index contributed by atoms with van der Waals surface area (Å²) in [5, 5.41) is 19.5. The first kappa shape index (κ1) is 22.0. The number of ketones is 1. The van der Waals surface area contributed by atoms with Crippen molar-refractivity contribution in [2.45, 2.75) is 91.6 Å². The molecular formula is C26H40O4. The van der Waals surface area contributed by atoms with Crippen molar-refractivity contribution in [1.82, 2.24) is 0 Å². The summed E-state index contributed by atoms with van der Waals surface area (Å²) in [5.41, 5.74) is 1.25. The number of aliphatic carboxylic acids is 1. The van der Waals surface area contributed by atoms with E-state index in [9.17, 15) is 14.7 Å². The Balaban J connectivity index is 1.64. The van der Waals surface area contributed by atoms with Gasteiger partial charge in [-0.25, -0.2) is 0 Å². The molecule has 0 aromatic heterocycles. The zero-order valence-corrected chi connectivity index (χ0v) is 19.2. The van der Waals surface area contributed by atoms with Crippen LogP contribution < -0.4 is 0 Å². The van der Waals surface area contributed by atoms with Gasteiger partial charge in [-0.3, -0.25) is 9.59 Å². The molecule has 4 heteroatoms. The number of hydrogen-bond donors (Lipinski definition) is 2. The van der Waals surface area contributed by atoms with E-state index in [1.54, 1.807) is 0 Å². The fraction of sp³-hybridized carbons (Fsp3) is 0.846. The number of aliphatic hydroxyl groups excluding tert-OH is 1. The number of carbonyl (C=O) groups is 2. The number of hydrogen-bond acceptors (Lipinski definition) is 3. The van der Waals surface area contributed by atoms with E-state index >= 15 is 0 Å². The molecule has 0 aromatic carbocycles. The lowest BCUT2D eigenvalue weighted by Gasteiger charge is -2.61. The maximum atomic E-state index is 13.8. The van der Waals surface area contributed by atoms with Gasteiger partial charge in [-0.2, -0.15) is 0 Å². The van der Waals surface area contributed by atoms with Crippen molar-refractivity contribution in [3.8, 4) is 0 Å². The molecule has 30 heavy (non-hydrogen) atoms. The highest BCUT2D eigenvalue weighted by atomic mass is 16.4. The summed E-state index contributed by atoms with van der Waals surface area (Å²) in [7, 11) is 0. The van der Waals surface area contributed by atoms with Gasteiger partial charge >= 0.3 is 5.97 Å². The summed E-state index contributed by atoms with van der Waals surface area (Å²) in [6.07, 6.45) is 9.86. The Kier molecular flexibility index (Phi) is 5.70.